The second-order valence-corrected chi connectivity index (χ2v) is 4.80. The molecule has 2 atom stereocenters. The van der Waals surface area contributed by atoms with E-state index in [2.05, 4.69) is 18.9 Å². The van der Waals surface area contributed by atoms with Crippen molar-refractivity contribution >= 4 is 11.8 Å². The minimum Gasteiger partial charge on any atom is -0.327 e. The van der Waals surface area contributed by atoms with Gasteiger partial charge in [0.2, 0.25) is 0 Å². The number of nitrogens with zero attached hydrogens (tertiary/aromatic N) is 2. The predicted octanol–water partition coefficient (Wildman–Crippen LogP) is 1.89. The Hall–Kier alpha value is -0.480. The number of aromatic nitrogens is 2. The zero-order valence-electron chi connectivity index (χ0n) is 9.10. The van der Waals surface area contributed by atoms with Crippen LogP contribution in [0.15, 0.2) is 17.3 Å². The highest BCUT2D eigenvalue weighted by atomic mass is 32.2. The van der Waals surface area contributed by atoms with Crippen molar-refractivity contribution in [1.29, 1.82) is 0 Å². The van der Waals surface area contributed by atoms with Crippen LogP contribution >= 0.6 is 11.8 Å². The molecule has 0 saturated carbocycles. The number of rotatable bonds is 5. The number of hydrogen-bond acceptors (Lipinski definition) is 3. The third-order valence-electron chi connectivity index (χ3n) is 2.50. The van der Waals surface area contributed by atoms with Crippen LogP contribution in [0.5, 0.6) is 0 Å². The van der Waals surface area contributed by atoms with Gasteiger partial charge < -0.3 is 5.73 Å². The summed E-state index contributed by atoms with van der Waals surface area (Å²) < 4.78 is 1.82. The molecular weight excluding hydrogens is 194 g/mol. The predicted molar refractivity (Wildman–Crippen MR) is 61.4 cm³/mol. The van der Waals surface area contributed by atoms with Crippen LogP contribution in [-0.4, -0.2) is 21.6 Å². The van der Waals surface area contributed by atoms with Crippen molar-refractivity contribution < 1.29 is 0 Å². The largest absolute Gasteiger partial charge is 0.327 e. The van der Waals surface area contributed by atoms with Gasteiger partial charge in [0.15, 0.2) is 0 Å². The Labute approximate surface area is 90.1 Å². The number of nitrogens with two attached hydrogens (primary N) is 1. The van der Waals surface area contributed by atoms with Gasteiger partial charge in [-0.1, -0.05) is 20.3 Å². The molecule has 0 aromatic carbocycles. The molecule has 1 aromatic rings. The van der Waals surface area contributed by atoms with Gasteiger partial charge in [0.1, 0.15) is 0 Å². The topological polar surface area (TPSA) is 43.8 Å². The molecule has 0 aliphatic rings. The summed E-state index contributed by atoms with van der Waals surface area (Å²) in [5, 5.41) is 4.11. The van der Waals surface area contributed by atoms with Gasteiger partial charge >= 0.3 is 0 Å². The standard InChI is InChI=1S/C10H19N3S/c1-4-8(2)10(11)7-14-9-5-12-13(3)6-9/h5-6,8,10H,4,7,11H2,1-3H3. The summed E-state index contributed by atoms with van der Waals surface area (Å²) >= 11 is 1.78. The van der Waals surface area contributed by atoms with Gasteiger partial charge in [0, 0.05) is 29.9 Å². The second-order valence-electron chi connectivity index (χ2n) is 3.71. The molecule has 0 fully saturated rings. The van der Waals surface area contributed by atoms with E-state index in [-0.39, 0.29) is 6.04 Å². The van der Waals surface area contributed by atoms with Gasteiger partial charge in [0.25, 0.3) is 0 Å². The van der Waals surface area contributed by atoms with E-state index in [4.69, 9.17) is 5.73 Å². The first-order valence-electron chi connectivity index (χ1n) is 5.00. The summed E-state index contributed by atoms with van der Waals surface area (Å²) in [6.07, 6.45) is 5.05. The quantitative estimate of drug-likeness (QED) is 0.760. The van der Waals surface area contributed by atoms with Gasteiger partial charge in [0.05, 0.1) is 6.20 Å². The monoisotopic (exact) mass is 213 g/mol. The first kappa shape index (κ1) is 11.6. The molecule has 1 aromatic heterocycles. The van der Waals surface area contributed by atoms with Crippen LogP contribution in [0, 0.1) is 5.92 Å². The van der Waals surface area contributed by atoms with E-state index >= 15 is 0 Å². The van der Waals surface area contributed by atoms with Crippen molar-refractivity contribution in [2.75, 3.05) is 5.75 Å². The lowest BCUT2D eigenvalue weighted by molar-refractivity contribution is 0.475. The normalized spacial score (nSPS) is 15.4. The zero-order chi connectivity index (χ0) is 10.6. The fourth-order valence-corrected chi connectivity index (χ4v) is 2.19. The van der Waals surface area contributed by atoms with Crippen LogP contribution in [0.2, 0.25) is 0 Å². The molecule has 0 bridgehead atoms. The van der Waals surface area contributed by atoms with Crippen molar-refractivity contribution in [3.63, 3.8) is 0 Å². The molecule has 4 heteroatoms. The van der Waals surface area contributed by atoms with E-state index in [1.807, 2.05) is 24.1 Å². The molecule has 14 heavy (non-hydrogen) atoms. The van der Waals surface area contributed by atoms with Crippen molar-refractivity contribution in [2.24, 2.45) is 18.7 Å². The highest BCUT2D eigenvalue weighted by Gasteiger charge is 2.11. The minimum atomic E-state index is 0.283. The molecule has 0 spiro atoms. The SMILES string of the molecule is CCC(C)C(N)CSc1cnn(C)c1. The van der Waals surface area contributed by atoms with Crippen LogP contribution in [0.4, 0.5) is 0 Å². The second kappa shape index (κ2) is 5.41. The lowest BCUT2D eigenvalue weighted by atomic mass is 10.0. The van der Waals surface area contributed by atoms with E-state index < -0.39 is 0 Å². The maximum Gasteiger partial charge on any atom is 0.0625 e. The van der Waals surface area contributed by atoms with Crippen LogP contribution in [-0.2, 0) is 7.05 Å². The average molecular weight is 213 g/mol. The summed E-state index contributed by atoms with van der Waals surface area (Å²) in [5.74, 6) is 1.57. The summed E-state index contributed by atoms with van der Waals surface area (Å²) in [7, 11) is 1.93. The van der Waals surface area contributed by atoms with Gasteiger partial charge in [-0.15, -0.1) is 11.8 Å². The molecule has 1 rings (SSSR count). The zero-order valence-corrected chi connectivity index (χ0v) is 9.92. The Balaban J connectivity index is 2.33. The summed E-state index contributed by atoms with van der Waals surface area (Å²) in [4.78, 5) is 1.20. The maximum atomic E-state index is 6.03. The highest BCUT2D eigenvalue weighted by molar-refractivity contribution is 7.99. The first-order valence-corrected chi connectivity index (χ1v) is 5.99. The number of hydrogen-bond donors (Lipinski definition) is 1. The van der Waals surface area contributed by atoms with Gasteiger partial charge in [-0.2, -0.15) is 5.10 Å². The Morgan fingerprint density at radius 1 is 1.64 bits per heavy atom. The molecule has 0 saturated heterocycles. The summed E-state index contributed by atoms with van der Waals surface area (Å²) in [6.45, 7) is 4.38. The molecule has 0 amide bonds. The average Bonchev–Trinajstić information content (AvgIpc) is 2.59. The van der Waals surface area contributed by atoms with Gasteiger partial charge in [-0.3, -0.25) is 4.68 Å². The Morgan fingerprint density at radius 3 is 2.86 bits per heavy atom. The Bertz CT molecular complexity index is 272. The Morgan fingerprint density at radius 2 is 2.36 bits per heavy atom. The van der Waals surface area contributed by atoms with E-state index in [1.165, 1.54) is 4.90 Å². The molecule has 3 nitrogen and oxygen atoms in total. The first-order chi connectivity index (χ1) is 6.63. The molecule has 80 valence electrons. The molecule has 2 N–H and O–H groups in total. The third kappa shape index (κ3) is 3.35. The maximum absolute atomic E-state index is 6.03. The number of thioether (sulfide) groups is 1. The molecule has 0 radical (unpaired) electrons. The molecule has 1 heterocycles. The van der Waals surface area contributed by atoms with Crippen LogP contribution in [0.3, 0.4) is 0 Å². The molecule has 0 aliphatic carbocycles. The molecule has 0 aliphatic heterocycles. The van der Waals surface area contributed by atoms with Gasteiger partial charge in [-0.25, -0.2) is 0 Å². The van der Waals surface area contributed by atoms with E-state index in [0.717, 1.165) is 12.2 Å². The highest BCUT2D eigenvalue weighted by Crippen LogP contribution is 2.19. The Kier molecular flexibility index (Phi) is 4.48. The molecular formula is C10H19N3S. The van der Waals surface area contributed by atoms with Gasteiger partial charge in [-0.05, 0) is 5.92 Å². The molecule has 2 unspecified atom stereocenters. The minimum absolute atomic E-state index is 0.283. The van der Waals surface area contributed by atoms with Crippen molar-refractivity contribution in [3.05, 3.63) is 12.4 Å². The summed E-state index contributed by atoms with van der Waals surface area (Å²) in [6, 6.07) is 0.283. The fraction of sp³-hybridized carbons (Fsp3) is 0.700. The smallest absolute Gasteiger partial charge is 0.0625 e. The van der Waals surface area contributed by atoms with Crippen LogP contribution in [0.1, 0.15) is 20.3 Å². The third-order valence-corrected chi connectivity index (χ3v) is 3.59. The van der Waals surface area contributed by atoms with E-state index in [0.29, 0.717) is 5.92 Å². The fourth-order valence-electron chi connectivity index (χ4n) is 1.13. The lowest BCUT2D eigenvalue weighted by Crippen LogP contribution is -2.30. The lowest BCUT2D eigenvalue weighted by Gasteiger charge is -2.16. The van der Waals surface area contributed by atoms with Crippen molar-refractivity contribution in [2.45, 2.75) is 31.2 Å². The summed E-state index contributed by atoms with van der Waals surface area (Å²) in [5.41, 5.74) is 6.03. The van der Waals surface area contributed by atoms with Crippen LogP contribution < -0.4 is 5.73 Å². The van der Waals surface area contributed by atoms with E-state index in [9.17, 15) is 0 Å². The van der Waals surface area contributed by atoms with E-state index in [1.54, 1.807) is 11.8 Å². The van der Waals surface area contributed by atoms with Crippen molar-refractivity contribution in [1.82, 2.24) is 9.78 Å². The van der Waals surface area contributed by atoms with Crippen LogP contribution in [0.25, 0.3) is 0 Å². The number of aryl methyl sites for hydroxylation is 1. The van der Waals surface area contributed by atoms with Crippen molar-refractivity contribution in [3.8, 4) is 0 Å².